The lowest BCUT2D eigenvalue weighted by molar-refractivity contribution is -0.112. The monoisotopic (exact) mass is 175 g/mol. The van der Waals surface area contributed by atoms with Crippen molar-refractivity contribution in [2.75, 3.05) is 5.32 Å². The van der Waals surface area contributed by atoms with E-state index < -0.39 is 11.7 Å². The number of Topliss-reactive ketones (excluding diaryl/α,β-unsaturated/α-hetero) is 1. The van der Waals surface area contributed by atoms with Crippen LogP contribution in [-0.2, 0) is 4.79 Å². The van der Waals surface area contributed by atoms with Crippen molar-refractivity contribution in [3.8, 4) is 0 Å². The van der Waals surface area contributed by atoms with Crippen molar-refractivity contribution in [1.82, 2.24) is 0 Å². The number of amides is 1. The van der Waals surface area contributed by atoms with Crippen LogP contribution in [0.5, 0.6) is 0 Å². The molecule has 0 fully saturated rings. The zero-order valence-electron chi connectivity index (χ0n) is 7.47. The van der Waals surface area contributed by atoms with E-state index in [2.05, 4.69) is 5.32 Å². The first kappa shape index (κ1) is 7.98. The normalized spacial score (nSPS) is 14.3. The van der Waals surface area contributed by atoms with Crippen LogP contribution in [0, 0.1) is 13.8 Å². The summed E-state index contributed by atoms with van der Waals surface area (Å²) in [5, 5.41) is 2.57. The molecule has 1 aliphatic heterocycles. The largest absolute Gasteiger partial charge is 0.318 e. The lowest BCUT2D eigenvalue weighted by atomic mass is 10.0. The summed E-state index contributed by atoms with van der Waals surface area (Å²) < 4.78 is 0. The van der Waals surface area contributed by atoms with Gasteiger partial charge in [0.2, 0.25) is 0 Å². The standard InChI is InChI=1S/C10H9NO2/c1-5-3-4-7-8(6(5)2)11-10(13)9(7)12/h3-4H,1-2H3,(H,11,12,13). The van der Waals surface area contributed by atoms with Crippen molar-refractivity contribution in [2.45, 2.75) is 13.8 Å². The smallest absolute Gasteiger partial charge is 0.296 e. The molecule has 0 spiro atoms. The van der Waals surface area contributed by atoms with E-state index in [1.165, 1.54) is 0 Å². The van der Waals surface area contributed by atoms with Gasteiger partial charge in [-0.15, -0.1) is 0 Å². The molecule has 0 radical (unpaired) electrons. The minimum atomic E-state index is -0.524. The van der Waals surface area contributed by atoms with Gasteiger partial charge in [-0.3, -0.25) is 9.59 Å². The highest BCUT2D eigenvalue weighted by Gasteiger charge is 2.29. The number of nitrogens with one attached hydrogen (secondary N) is 1. The van der Waals surface area contributed by atoms with Gasteiger partial charge in [-0.25, -0.2) is 0 Å². The van der Waals surface area contributed by atoms with Crippen LogP contribution in [0.4, 0.5) is 5.69 Å². The van der Waals surface area contributed by atoms with Gasteiger partial charge >= 0.3 is 0 Å². The van der Waals surface area contributed by atoms with Crippen LogP contribution in [0.15, 0.2) is 12.1 Å². The molecule has 66 valence electrons. The first-order valence-corrected chi connectivity index (χ1v) is 4.07. The van der Waals surface area contributed by atoms with Gasteiger partial charge in [0.05, 0.1) is 11.3 Å². The molecule has 1 heterocycles. The molecule has 0 atom stereocenters. The average Bonchev–Trinajstić information content (AvgIpc) is 2.38. The van der Waals surface area contributed by atoms with Gasteiger partial charge in [0.25, 0.3) is 11.7 Å². The number of aryl methyl sites for hydroxylation is 1. The molecule has 1 aliphatic rings. The number of ketones is 1. The third kappa shape index (κ3) is 0.967. The number of hydrogen-bond donors (Lipinski definition) is 1. The van der Waals surface area contributed by atoms with E-state index in [0.29, 0.717) is 11.3 Å². The predicted molar refractivity (Wildman–Crippen MR) is 48.9 cm³/mol. The molecule has 0 aromatic heterocycles. The highest BCUT2D eigenvalue weighted by Crippen LogP contribution is 2.28. The number of anilines is 1. The third-order valence-corrected chi connectivity index (χ3v) is 2.43. The maximum atomic E-state index is 11.2. The van der Waals surface area contributed by atoms with Gasteiger partial charge in [-0.05, 0) is 31.0 Å². The zero-order chi connectivity index (χ0) is 9.59. The molecule has 1 N–H and O–H groups in total. The fraction of sp³-hybridized carbons (Fsp3) is 0.200. The van der Waals surface area contributed by atoms with Crippen LogP contribution in [0.1, 0.15) is 21.5 Å². The first-order valence-electron chi connectivity index (χ1n) is 4.07. The second-order valence-corrected chi connectivity index (χ2v) is 3.21. The summed E-state index contributed by atoms with van der Waals surface area (Å²) in [4.78, 5) is 22.3. The van der Waals surface area contributed by atoms with Crippen LogP contribution in [-0.4, -0.2) is 11.7 Å². The third-order valence-electron chi connectivity index (χ3n) is 2.43. The lowest BCUT2D eigenvalue weighted by Crippen LogP contribution is -2.12. The SMILES string of the molecule is Cc1ccc2c(c1C)NC(=O)C2=O. The molecule has 1 amide bonds. The molecule has 0 saturated carbocycles. The van der Waals surface area contributed by atoms with Gasteiger partial charge in [0.15, 0.2) is 0 Å². The minimum Gasteiger partial charge on any atom is -0.318 e. The quantitative estimate of drug-likeness (QED) is 0.606. The van der Waals surface area contributed by atoms with E-state index in [1.54, 1.807) is 6.07 Å². The number of carbonyl (C=O) groups is 2. The van der Waals surface area contributed by atoms with Crippen LogP contribution >= 0.6 is 0 Å². The summed E-state index contributed by atoms with van der Waals surface area (Å²) in [7, 11) is 0. The fourth-order valence-corrected chi connectivity index (χ4v) is 1.46. The molecule has 1 aromatic rings. The summed E-state index contributed by atoms with van der Waals surface area (Å²) in [6, 6.07) is 3.55. The van der Waals surface area contributed by atoms with E-state index in [1.807, 2.05) is 19.9 Å². The summed E-state index contributed by atoms with van der Waals surface area (Å²) in [6.45, 7) is 3.84. The highest BCUT2D eigenvalue weighted by molar-refractivity contribution is 6.51. The van der Waals surface area contributed by atoms with E-state index in [4.69, 9.17) is 0 Å². The van der Waals surface area contributed by atoms with E-state index in [9.17, 15) is 9.59 Å². The van der Waals surface area contributed by atoms with Crippen molar-refractivity contribution >= 4 is 17.4 Å². The molecule has 3 nitrogen and oxygen atoms in total. The maximum absolute atomic E-state index is 11.2. The lowest BCUT2D eigenvalue weighted by Gasteiger charge is -2.04. The van der Waals surface area contributed by atoms with Gasteiger partial charge < -0.3 is 5.32 Å². The average molecular weight is 175 g/mol. The molecular formula is C10H9NO2. The minimum absolute atomic E-state index is 0.432. The zero-order valence-corrected chi connectivity index (χ0v) is 7.47. The second-order valence-electron chi connectivity index (χ2n) is 3.21. The van der Waals surface area contributed by atoms with Crippen molar-refractivity contribution in [3.05, 3.63) is 28.8 Å². The first-order chi connectivity index (χ1) is 6.11. The van der Waals surface area contributed by atoms with Gasteiger partial charge in [-0.2, -0.15) is 0 Å². The number of fused-ring (bicyclic) bond motifs is 1. The Kier molecular flexibility index (Phi) is 1.49. The summed E-state index contributed by atoms with van der Waals surface area (Å²) >= 11 is 0. The van der Waals surface area contributed by atoms with Crippen LogP contribution in [0.3, 0.4) is 0 Å². The Hall–Kier alpha value is -1.64. The number of carbonyl (C=O) groups excluding carboxylic acids is 2. The molecule has 13 heavy (non-hydrogen) atoms. The molecule has 2 rings (SSSR count). The van der Waals surface area contributed by atoms with Crippen LogP contribution < -0.4 is 5.32 Å². The molecule has 0 bridgehead atoms. The van der Waals surface area contributed by atoms with Crippen LogP contribution in [0.2, 0.25) is 0 Å². The molecule has 0 aliphatic carbocycles. The maximum Gasteiger partial charge on any atom is 0.296 e. The van der Waals surface area contributed by atoms with Gasteiger partial charge in [0.1, 0.15) is 0 Å². The number of hydrogen-bond acceptors (Lipinski definition) is 2. The van der Waals surface area contributed by atoms with E-state index in [0.717, 1.165) is 11.1 Å². The Bertz CT molecular complexity index is 421. The van der Waals surface area contributed by atoms with Crippen LogP contribution in [0.25, 0.3) is 0 Å². The predicted octanol–water partition coefficient (Wildman–Crippen LogP) is 1.44. The number of benzene rings is 1. The summed E-state index contributed by atoms with van der Waals surface area (Å²) in [6.07, 6.45) is 0. The van der Waals surface area contributed by atoms with Crippen molar-refractivity contribution in [2.24, 2.45) is 0 Å². The van der Waals surface area contributed by atoms with Gasteiger partial charge in [-0.1, -0.05) is 6.07 Å². The second kappa shape index (κ2) is 2.42. The molecule has 3 heteroatoms. The Labute approximate surface area is 75.8 Å². The summed E-state index contributed by atoms with van der Waals surface area (Å²) in [5.41, 5.74) is 3.22. The Morgan fingerprint density at radius 2 is 1.85 bits per heavy atom. The highest BCUT2D eigenvalue weighted by atomic mass is 16.2. The molecule has 0 unspecified atom stereocenters. The Balaban J connectivity index is 2.70. The summed E-state index contributed by atoms with van der Waals surface area (Å²) in [5.74, 6) is -0.957. The number of rotatable bonds is 0. The van der Waals surface area contributed by atoms with Crippen molar-refractivity contribution in [3.63, 3.8) is 0 Å². The topological polar surface area (TPSA) is 46.2 Å². The molecular weight excluding hydrogens is 166 g/mol. The van der Waals surface area contributed by atoms with Gasteiger partial charge in [0, 0.05) is 0 Å². The van der Waals surface area contributed by atoms with Crippen molar-refractivity contribution in [1.29, 1.82) is 0 Å². The Morgan fingerprint density at radius 1 is 1.15 bits per heavy atom. The van der Waals surface area contributed by atoms with E-state index in [-0.39, 0.29) is 0 Å². The molecule has 1 aromatic carbocycles. The van der Waals surface area contributed by atoms with E-state index >= 15 is 0 Å². The Morgan fingerprint density at radius 3 is 2.54 bits per heavy atom. The van der Waals surface area contributed by atoms with Crippen molar-refractivity contribution < 1.29 is 9.59 Å². The molecule has 0 saturated heterocycles. The fourth-order valence-electron chi connectivity index (χ4n) is 1.46.